The van der Waals surface area contributed by atoms with Crippen LogP contribution < -0.4 is 4.74 Å². The molecule has 0 heterocycles. The number of benzene rings is 2. The second kappa shape index (κ2) is 8.00. The molecule has 0 saturated heterocycles. The third kappa shape index (κ3) is 4.60. The number of carbonyl (C=O) groups is 1. The summed E-state index contributed by atoms with van der Waals surface area (Å²) in [5.74, 6) is 1.46. The van der Waals surface area contributed by atoms with Gasteiger partial charge < -0.3 is 4.74 Å². The van der Waals surface area contributed by atoms with Crippen molar-refractivity contribution in [1.29, 1.82) is 0 Å². The first-order valence-corrected chi connectivity index (χ1v) is 8.02. The lowest BCUT2D eigenvalue weighted by Crippen LogP contribution is -2.02. The van der Waals surface area contributed by atoms with Crippen LogP contribution in [0.3, 0.4) is 0 Å². The van der Waals surface area contributed by atoms with E-state index in [-0.39, 0.29) is 5.78 Å². The Morgan fingerprint density at radius 3 is 2.64 bits per heavy atom. The number of aryl methyl sites for hydroxylation is 2. The zero-order valence-corrected chi connectivity index (χ0v) is 13.8. The topological polar surface area (TPSA) is 26.3 Å². The lowest BCUT2D eigenvalue weighted by molar-refractivity contribution is 0.0982. The van der Waals surface area contributed by atoms with Gasteiger partial charge >= 0.3 is 0 Å². The molecule has 0 aliphatic heterocycles. The average Bonchev–Trinajstić information content (AvgIpc) is 2.51. The summed E-state index contributed by atoms with van der Waals surface area (Å²) in [4.78, 5) is 12.0. The molecule has 0 saturated carbocycles. The van der Waals surface area contributed by atoms with Gasteiger partial charge in [0.25, 0.3) is 0 Å². The maximum Gasteiger partial charge on any atom is 0.162 e. The van der Waals surface area contributed by atoms with Crippen molar-refractivity contribution in [2.75, 3.05) is 5.88 Å². The van der Waals surface area contributed by atoms with E-state index >= 15 is 0 Å². The van der Waals surface area contributed by atoms with E-state index in [4.69, 9.17) is 16.3 Å². The second-order valence-electron chi connectivity index (χ2n) is 5.47. The molecule has 0 spiro atoms. The molecule has 0 aromatic heterocycles. The Morgan fingerprint density at radius 2 is 1.95 bits per heavy atom. The van der Waals surface area contributed by atoms with E-state index in [0.29, 0.717) is 25.3 Å². The fraction of sp³-hybridized carbons (Fsp3) is 0.316. The van der Waals surface area contributed by atoms with Gasteiger partial charge in [-0.3, -0.25) is 4.79 Å². The number of Topliss-reactive ketones (excluding diaryl/α,β-unsaturated/α-hetero) is 1. The van der Waals surface area contributed by atoms with Gasteiger partial charge in [0.2, 0.25) is 0 Å². The van der Waals surface area contributed by atoms with Crippen molar-refractivity contribution in [3.05, 3.63) is 64.7 Å². The third-order valence-corrected chi connectivity index (χ3v) is 3.78. The molecule has 0 bridgehead atoms. The molecule has 0 aliphatic carbocycles. The van der Waals surface area contributed by atoms with Crippen LogP contribution in [0, 0.1) is 13.8 Å². The summed E-state index contributed by atoms with van der Waals surface area (Å²) in [6.07, 6.45) is 1.21. The highest BCUT2D eigenvalue weighted by Gasteiger charge is 2.08. The zero-order chi connectivity index (χ0) is 15.9. The van der Waals surface area contributed by atoms with Crippen LogP contribution in [0.5, 0.6) is 5.75 Å². The molecule has 0 N–H and O–H groups in total. The first-order chi connectivity index (χ1) is 10.6. The van der Waals surface area contributed by atoms with E-state index in [1.165, 1.54) is 5.56 Å². The van der Waals surface area contributed by atoms with Crippen molar-refractivity contribution >= 4 is 17.4 Å². The summed E-state index contributed by atoms with van der Waals surface area (Å²) in [6.45, 7) is 4.56. The molecular formula is C19H21ClO2. The second-order valence-corrected chi connectivity index (χ2v) is 5.85. The fourth-order valence-corrected chi connectivity index (χ4v) is 2.45. The number of hydrogen-bond acceptors (Lipinski definition) is 2. The van der Waals surface area contributed by atoms with Crippen LogP contribution in [-0.2, 0) is 6.61 Å². The predicted octanol–water partition coefficient (Wildman–Crippen LogP) is 5.08. The van der Waals surface area contributed by atoms with E-state index < -0.39 is 0 Å². The average molecular weight is 317 g/mol. The fourth-order valence-electron chi connectivity index (χ4n) is 2.32. The van der Waals surface area contributed by atoms with E-state index in [2.05, 4.69) is 19.1 Å². The standard InChI is InChI=1S/C19H21ClO2/c1-14-5-3-6-16(11-14)13-22-19-9-8-17(12-15(19)2)18(21)7-4-10-20/h3,5-6,8-9,11-12H,4,7,10,13H2,1-2H3. The highest BCUT2D eigenvalue weighted by molar-refractivity contribution is 6.18. The monoisotopic (exact) mass is 316 g/mol. The quantitative estimate of drug-likeness (QED) is 0.525. The summed E-state index contributed by atoms with van der Waals surface area (Å²) in [7, 11) is 0. The molecule has 22 heavy (non-hydrogen) atoms. The molecule has 116 valence electrons. The van der Waals surface area contributed by atoms with E-state index in [1.807, 2.05) is 37.3 Å². The van der Waals surface area contributed by atoms with Crippen LogP contribution >= 0.6 is 11.6 Å². The molecule has 0 aliphatic rings. The van der Waals surface area contributed by atoms with Crippen LogP contribution in [0.4, 0.5) is 0 Å². The van der Waals surface area contributed by atoms with Gasteiger partial charge in [-0.2, -0.15) is 0 Å². The van der Waals surface area contributed by atoms with Crippen LogP contribution in [0.2, 0.25) is 0 Å². The van der Waals surface area contributed by atoms with Crippen molar-refractivity contribution in [1.82, 2.24) is 0 Å². The number of alkyl halides is 1. The summed E-state index contributed by atoms with van der Waals surface area (Å²) < 4.78 is 5.86. The lowest BCUT2D eigenvalue weighted by Gasteiger charge is -2.11. The first kappa shape index (κ1) is 16.6. The number of hydrogen-bond donors (Lipinski definition) is 0. The highest BCUT2D eigenvalue weighted by atomic mass is 35.5. The minimum Gasteiger partial charge on any atom is -0.489 e. The van der Waals surface area contributed by atoms with Crippen molar-refractivity contribution in [3.8, 4) is 5.75 Å². The Labute approximate surface area is 137 Å². The number of ether oxygens (including phenoxy) is 1. The summed E-state index contributed by atoms with van der Waals surface area (Å²) in [6, 6.07) is 13.8. The van der Waals surface area contributed by atoms with Crippen molar-refractivity contribution < 1.29 is 9.53 Å². The summed E-state index contributed by atoms with van der Waals surface area (Å²) in [5.41, 5.74) is 4.06. The molecule has 2 nitrogen and oxygen atoms in total. The molecule has 0 amide bonds. The van der Waals surface area contributed by atoms with E-state index in [0.717, 1.165) is 22.4 Å². The molecule has 2 aromatic rings. The summed E-state index contributed by atoms with van der Waals surface area (Å²) >= 11 is 5.63. The largest absolute Gasteiger partial charge is 0.489 e. The molecule has 0 atom stereocenters. The van der Waals surface area contributed by atoms with Gasteiger partial charge in [0, 0.05) is 17.9 Å². The number of rotatable bonds is 7. The normalized spacial score (nSPS) is 10.5. The van der Waals surface area contributed by atoms with Crippen molar-refractivity contribution in [3.63, 3.8) is 0 Å². The number of halogens is 1. The van der Waals surface area contributed by atoms with Crippen molar-refractivity contribution in [2.45, 2.75) is 33.3 Å². The maximum atomic E-state index is 12.0. The first-order valence-electron chi connectivity index (χ1n) is 7.48. The highest BCUT2D eigenvalue weighted by Crippen LogP contribution is 2.21. The molecule has 3 heteroatoms. The Hall–Kier alpha value is -1.80. The summed E-state index contributed by atoms with van der Waals surface area (Å²) in [5, 5.41) is 0. The molecule has 2 rings (SSSR count). The van der Waals surface area contributed by atoms with Gasteiger partial charge in [-0.05, 0) is 49.6 Å². The Bertz CT molecular complexity index is 650. The smallest absolute Gasteiger partial charge is 0.162 e. The van der Waals surface area contributed by atoms with E-state index in [9.17, 15) is 4.79 Å². The number of carbonyl (C=O) groups excluding carboxylic acids is 1. The van der Waals surface area contributed by atoms with E-state index in [1.54, 1.807) is 0 Å². The molecule has 0 fully saturated rings. The molecule has 2 aromatic carbocycles. The zero-order valence-electron chi connectivity index (χ0n) is 13.1. The van der Waals surface area contributed by atoms with Gasteiger partial charge in [0.15, 0.2) is 5.78 Å². The Morgan fingerprint density at radius 1 is 1.14 bits per heavy atom. The van der Waals surface area contributed by atoms with Crippen molar-refractivity contribution in [2.24, 2.45) is 0 Å². The lowest BCUT2D eigenvalue weighted by atomic mass is 10.0. The Kier molecular flexibility index (Phi) is 6.02. The van der Waals surface area contributed by atoms with Crippen LogP contribution in [-0.4, -0.2) is 11.7 Å². The van der Waals surface area contributed by atoms with Gasteiger partial charge in [-0.1, -0.05) is 29.8 Å². The van der Waals surface area contributed by atoms with Crippen LogP contribution in [0.15, 0.2) is 42.5 Å². The van der Waals surface area contributed by atoms with Crippen LogP contribution in [0.1, 0.15) is 39.9 Å². The Balaban J connectivity index is 2.02. The van der Waals surface area contributed by atoms with Gasteiger partial charge in [0.1, 0.15) is 12.4 Å². The van der Waals surface area contributed by atoms with Gasteiger partial charge in [0.05, 0.1) is 0 Å². The maximum absolute atomic E-state index is 12.0. The molecule has 0 unspecified atom stereocenters. The SMILES string of the molecule is Cc1cccc(COc2ccc(C(=O)CCCCl)cc2C)c1. The van der Waals surface area contributed by atoms with Crippen LogP contribution in [0.25, 0.3) is 0 Å². The predicted molar refractivity (Wildman–Crippen MR) is 91.0 cm³/mol. The molecule has 0 radical (unpaired) electrons. The number of ketones is 1. The van der Waals surface area contributed by atoms with Gasteiger partial charge in [-0.25, -0.2) is 0 Å². The van der Waals surface area contributed by atoms with Gasteiger partial charge in [-0.15, -0.1) is 11.6 Å². The third-order valence-electron chi connectivity index (χ3n) is 3.51. The minimum atomic E-state index is 0.133. The molecular weight excluding hydrogens is 296 g/mol. The minimum absolute atomic E-state index is 0.133.